The fourth-order valence-electron chi connectivity index (χ4n) is 5.87. The van der Waals surface area contributed by atoms with Gasteiger partial charge in [0.15, 0.2) is 5.60 Å². The molecule has 41 heavy (non-hydrogen) atoms. The Bertz CT molecular complexity index is 1390. The number of nitrogens with two attached hydrogens (primary N) is 1. The molecule has 10 nitrogen and oxygen atoms in total. The molecular weight excluding hydrogens is 531 g/mol. The van der Waals surface area contributed by atoms with Crippen LogP contribution >= 0.6 is 0 Å². The van der Waals surface area contributed by atoms with E-state index in [1.54, 1.807) is 19.9 Å². The predicted molar refractivity (Wildman–Crippen MR) is 152 cm³/mol. The highest BCUT2D eigenvalue weighted by molar-refractivity contribution is 5.95. The van der Waals surface area contributed by atoms with Gasteiger partial charge in [0.1, 0.15) is 18.7 Å². The first-order valence-electron chi connectivity index (χ1n) is 13.9. The highest BCUT2D eigenvalue weighted by atomic mass is 19.1. The summed E-state index contributed by atoms with van der Waals surface area (Å²) in [6.45, 7) is 7.61. The molecule has 0 amide bonds. The van der Waals surface area contributed by atoms with Crippen molar-refractivity contribution in [1.82, 2.24) is 15.2 Å². The van der Waals surface area contributed by atoms with E-state index in [2.05, 4.69) is 5.32 Å². The Labute approximate surface area is 239 Å². The quantitative estimate of drug-likeness (QED) is 0.318. The SMILES string of the molecule is C1COCCN1.CCC1(O)C(=O)OCC(C=O)=C1/C=C1/c2nc3cc(F)c(C)c4c3c(c2CN1C)C(N)CC4.CO. The molecule has 0 saturated carbocycles. The van der Waals surface area contributed by atoms with E-state index in [0.29, 0.717) is 48.1 Å². The summed E-state index contributed by atoms with van der Waals surface area (Å²) in [6.07, 6.45) is 3.72. The van der Waals surface area contributed by atoms with Gasteiger partial charge in [-0.2, -0.15) is 0 Å². The molecule has 2 unspecified atom stereocenters. The molecule has 0 spiro atoms. The second-order valence-corrected chi connectivity index (χ2v) is 10.4. The number of carbonyl (C=O) groups is 2. The summed E-state index contributed by atoms with van der Waals surface area (Å²) in [6, 6.07) is 1.25. The number of aliphatic hydroxyl groups is 2. The second-order valence-electron chi connectivity index (χ2n) is 10.4. The molecular formula is C30H39FN4O6. The van der Waals surface area contributed by atoms with Gasteiger partial charge in [-0.3, -0.25) is 4.79 Å². The van der Waals surface area contributed by atoms with Crippen LogP contribution in [0.1, 0.15) is 53.8 Å². The largest absolute Gasteiger partial charge is 0.458 e. The topological polar surface area (TPSA) is 147 Å². The lowest BCUT2D eigenvalue weighted by atomic mass is 9.82. The molecule has 222 valence electrons. The van der Waals surface area contributed by atoms with Crippen LogP contribution in [0.2, 0.25) is 0 Å². The number of aromatic nitrogens is 1. The molecule has 6 rings (SSSR count). The van der Waals surface area contributed by atoms with E-state index in [0.717, 1.165) is 55.5 Å². The van der Waals surface area contributed by atoms with Crippen LogP contribution in [-0.4, -0.2) is 85.0 Å². The number of aryl methyl sites for hydroxylation is 1. The molecule has 4 aliphatic rings. The molecule has 0 radical (unpaired) electrons. The molecule has 4 heterocycles. The van der Waals surface area contributed by atoms with Gasteiger partial charge in [-0.05, 0) is 49.0 Å². The summed E-state index contributed by atoms with van der Waals surface area (Å²) in [5.74, 6) is -1.08. The smallest absolute Gasteiger partial charge is 0.343 e. The number of aliphatic hydroxyl groups excluding tert-OH is 1. The van der Waals surface area contributed by atoms with E-state index in [9.17, 15) is 19.1 Å². The Balaban J connectivity index is 0.000000424. The van der Waals surface area contributed by atoms with Gasteiger partial charge in [-0.25, -0.2) is 14.2 Å². The molecule has 1 saturated heterocycles. The zero-order valence-electron chi connectivity index (χ0n) is 24.1. The Hall–Kier alpha value is -3.22. The summed E-state index contributed by atoms with van der Waals surface area (Å²) in [7, 11) is 2.87. The summed E-state index contributed by atoms with van der Waals surface area (Å²) in [4.78, 5) is 30.9. The van der Waals surface area contributed by atoms with Gasteiger partial charge in [0.2, 0.25) is 0 Å². The van der Waals surface area contributed by atoms with Gasteiger partial charge in [0, 0.05) is 68.0 Å². The number of benzene rings is 1. The van der Waals surface area contributed by atoms with E-state index >= 15 is 0 Å². The number of pyridine rings is 1. The van der Waals surface area contributed by atoms with Gasteiger partial charge in [0.25, 0.3) is 0 Å². The summed E-state index contributed by atoms with van der Waals surface area (Å²) in [5, 5.41) is 22.2. The number of nitrogens with one attached hydrogen (secondary N) is 1. The average molecular weight is 571 g/mol. The van der Waals surface area contributed by atoms with Crippen LogP contribution in [0, 0.1) is 12.7 Å². The Morgan fingerprint density at radius 3 is 2.59 bits per heavy atom. The minimum atomic E-state index is -1.93. The number of fused-ring (bicyclic) bond motifs is 2. The van der Waals surface area contributed by atoms with Gasteiger partial charge in [-0.1, -0.05) is 6.92 Å². The fourth-order valence-corrected chi connectivity index (χ4v) is 5.87. The van der Waals surface area contributed by atoms with E-state index < -0.39 is 11.6 Å². The standard InChI is InChI=1S/C25H26FN3O4.C4H9NO.CH4O/c1-4-25(32)16(13(10-30)11-33-24(25)31)7-20-23-15(9-29(20)3)21-18(27)6-5-14-12(2)17(26)8-19(28-23)22(14)21;1-3-6-4-2-5-1;1-2/h7-8,10,18,32H,4-6,9,11,27H2,1-3H3;5H,1-4H2;2H,1H3/b20-7-;;. The van der Waals surface area contributed by atoms with Gasteiger partial charge in [-0.15, -0.1) is 0 Å². The molecule has 0 bridgehead atoms. The Morgan fingerprint density at radius 2 is 2.00 bits per heavy atom. The third-order valence-electron chi connectivity index (χ3n) is 8.14. The van der Waals surface area contributed by atoms with Crippen LogP contribution < -0.4 is 11.1 Å². The lowest BCUT2D eigenvalue weighted by Crippen LogP contribution is -2.45. The van der Waals surface area contributed by atoms with E-state index in [1.165, 1.54) is 6.07 Å². The number of ether oxygens (including phenoxy) is 2. The maximum Gasteiger partial charge on any atom is 0.343 e. The highest BCUT2D eigenvalue weighted by Crippen LogP contribution is 2.45. The fraction of sp³-hybridized carbons (Fsp3) is 0.500. The van der Waals surface area contributed by atoms with Gasteiger partial charge < -0.3 is 35.6 Å². The molecule has 1 fully saturated rings. The number of hydrogen-bond donors (Lipinski definition) is 4. The lowest BCUT2D eigenvalue weighted by Gasteiger charge is -2.32. The number of halogens is 1. The van der Waals surface area contributed by atoms with Gasteiger partial charge >= 0.3 is 5.97 Å². The minimum absolute atomic E-state index is 0.0496. The normalized spacial score (nSPS) is 24.3. The number of cyclic esters (lactones) is 1. The van der Waals surface area contributed by atoms with Crippen molar-refractivity contribution < 1.29 is 33.7 Å². The summed E-state index contributed by atoms with van der Waals surface area (Å²) in [5.41, 5.74) is 10.4. The average Bonchev–Trinajstić information content (AvgIpc) is 3.31. The number of carbonyl (C=O) groups excluding carboxylic acids is 2. The van der Waals surface area contributed by atoms with Crippen LogP contribution in [0.25, 0.3) is 16.6 Å². The number of nitrogens with zero attached hydrogens (tertiary/aromatic N) is 2. The highest BCUT2D eigenvalue weighted by Gasteiger charge is 2.45. The van der Waals surface area contributed by atoms with Crippen molar-refractivity contribution in [1.29, 1.82) is 0 Å². The first-order valence-corrected chi connectivity index (χ1v) is 13.9. The summed E-state index contributed by atoms with van der Waals surface area (Å²) >= 11 is 0. The number of hydrogen-bond acceptors (Lipinski definition) is 10. The van der Waals surface area contributed by atoms with Crippen molar-refractivity contribution in [2.75, 3.05) is 47.1 Å². The Kier molecular flexibility index (Phi) is 9.55. The molecule has 1 aromatic heterocycles. The second kappa shape index (κ2) is 12.7. The van der Waals surface area contributed by atoms with Crippen molar-refractivity contribution in [2.24, 2.45) is 5.73 Å². The zero-order valence-corrected chi connectivity index (χ0v) is 24.1. The van der Waals surface area contributed by atoms with E-state index in [1.807, 2.05) is 11.9 Å². The van der Waals surface area contributed by atoms with Crippen LogP contribution in [0.3, 0.4) is 0 Å². The number of morpholine rings is 1. The maximum atomic E-state index is 14.7. The van der Waals surface area contributed by atoms with Crippen molar-refractivity contribution in [3.05, 3.63) is 57.1 Å². The monoisotopic (exact) mass is 570 g/mol. The molecule has 1 aromatic carbocycles. The van der Waals surface area contributed by atoms with Crippen molar-refractivity contribution in [2.45, 2.75) is 51.3 Å². The third-order valence-corrected chi connectivity index (χ3v) is 8.14. The molecule has 11 heteroatoms. The van der Waals surface area contributed by atoms with Crippen molar-refractivity contribution in [3.8, 4) is 0 Å². The number of rotatable bonds is 3. The Morgan fingerprint density at radius 1 is 1.29 bits per heavy atom. The minimum Gasteiger partial charge on any atom is -0.458 e. The summed E-state index contributed by atoms with van der Waals surface area (Å²) < 4.78 is 24.8. The van der Waals surface area contributed by atoms with Crippen LogP contribution in [0.15, 0.2) is 23.3 Å². The zero-order chi connectivity index (χ0) is 29.9. The molecule has 2 aromatic rings. The van der Waals surface area contributed by atoms with Crippen LogP contribution in [0.4, 0.5) is 4.39 Å². The van der Waals surface area contributed by atoms with Crippen molar-refractivity contribution in [3.63, 3.8) is 0 Å². The number of esters is 1. The molecule has 1 aliphatic carbocycles. The van der Waals surface area contributed by atoms with Crippen LogP contribution in [0.5, 0.6) is 0 Å². The van der Waals surface area contributed by atoms with Gasteiger partial charge in [0.05, 0.1) is 30.1 Å². The number of aldehydes is 1. The maximum absolute atomic E-state index is 14.7. The predicted octanol–water partition coefficient (Wildman–Crippen LogP) is 1.82. The molecule has 3 aliphatic heterocycles. The third kappa shape index (κ3) is 5.52. The van der Waals surface area contributed by atoms with Crippen LogP contribution in [-0.2, 0) is 32.0 Å². The first-order chi connectivity index (χ1) is 19.7. The van der Waals surface area contributed by atoms with E-state index in [-0.39, 0.29) is 36.0 Å². The first kappa shape index (κ1) is 30.7. The molecule has 2 atom stereocenters. The van der Waals surface area contributed by atoms with Crippen molar-refractivity contribution >= 4 is 28.9 Å². The molecule has 5 N–H and O–H groups in total. The lowest BCUT2D eigenvalue weighted by molar-refractivity contribution is -0.162. The van der Waals surface area contributed by atoms with E-state index in [4.69, 9.17) is 25.3 Å².